The van der Waals surface area contributed by atoms with E-state index in [1.165, 1.54) is 10.1 Å². The second kappa shape index (κ2) is 7.76. The van der Waals surface area contributed by atoms with E-state index in [1.807, 2.05) is 12.1 Å². The van der Waals surface area contributed by atoms with Crippen molar-refractivity contribution in [3.05, 3.63) is 64.0 Å². The summed E-state index contributed by atoms with van der Waals surface area (Å²) in [6.07, 6.45) is 0. The molecule has 2 aromatic carbocycles. The zero-order valence-electron chi connectivity index (χ0n) is 14.1. The van der Waals surface area contributed by atoms with Crippen molar-refractivity contribution in [1.29, 1.82) is 0 Å². The van der Waals surface area contributed by atoms with E-state index in [0.717, 1.165) is 11.1 Å². The van der Waals surface area contributed by atoms with E-state index < -0.39 is 0 Å². The first kappa shape index (κ1) is 17.6. The van der Waals surface area contributed by atoms with Crippen molar-refractivity contribution in [1.82, 2.24) is 10.2 Å². The summed E-state index contributed by atoms with van der Waals surface area (Å²) in [5.41, 5.74) is 2.00. The minimum Gasteiger partial charge on any atom is -0.496 e. The predicted octanol–water partition coefficient (Wildman–Crippen LogP) is 4.90. The Morgan fingerprint density at radius 3 is 2.84 bits per heavy atom. The van der Waals surface area contributed by atoms with Gasteiger partial charge >= 0.3 is 6.03 Å². The third-order valence-corrected chi connectivity index (χ3v) is 5.24. The molecule has 4 nitrogen and oxygen atoms in total. The van der Waals surface area contributed by atoms with E-state index in [1.54, 1.807) is 48.6 Å². The van der Waals surface area contributed by atoms with Crippen molar-refractivity contribution in [2.75, 3.05) is 14.2 Å². The van der Waals surface area contributed by atoms with E-state index in [0.29, 0.717) is 23.9 Å². The lowest BCUT2D eigenvalue weighted by molar-refractivity contribution is 0.206. The lowest BCUT2D eigenvalue weighted by Crippen LogP contribution is -2.36. The van der Waals surface area contributed by atoms with Gasteiger partial charge in [0.1, 0.15) is 5.75 Å². The van der Waals surface area contributed by atoms with Crippen LogP contribution >= 0.6 is 22.9 Å². The van der Waals surface area contributed by atoms with Crippen molar-refractivity contribution >= 4 is 39.1 Å². The number of nitrogens with one attached hydrogen (secondary N) is 1. The van der Waals surface area contributed by atoms with Crippen LogP contribution in [0, 0.1) is 0 Å². The highest BCUT2D eigenvalue weighted by Crippen LogP contribution is 2.26. The highest BCUT2D eigenvalue weighted by molar-refractivity contribution is 7.17. The molecule has 0 atom stereocenters. The molecule has 0 radical (unpaired) electrons. The maximum atomic E-state index is 12.4. The summed E-state index contributed by atoms with van der Waals surface area (Å²) in [6.45, 7) is 0.916. The maximum absolute atomic E-state index is 12.4. The molecule has 1 N–H and O–H groups in total. The number of rotatable bonds is 5. The fourth-order valence-electron chi connectivity index (χ4n) is 2.67. The number of nitrogens with zero attached hydrogens (tertiary/aromatic N) is 1. The molecule has 1 heterocycles. The van der Waals surface area contributed by atoms with Crippen molar-refractivity contribution in [3.8, 4) is 5.75 Å². The number of fused-ring (bicyclic) bond motifs is 1. The zero-order chi connectivity index (χ0) is 17.8. The van der Waals surface area contributed by atoms with E-state index >= 15 is 0 Å². The van der Waals surface area contributed by atoms with Gasteiger partial charge in [0.15, 0.2) is 0 Å². The van der Waals surface area contributed by atoms with E-state index in [9.17, 15) is 4.79 Å². The Morgan fingerprint density at radius 1 is 1.24 bits per heavy atom. The molecule has 0 saturated carbocycles. The fraction of sp³-hybridized carbons (Fsp3) is 0.211. The Balaban J connectivity index is 1.64. The third kappa shape index (κ3) is 4.06. The molecule has 1 aromatic heterocycles. The largest absolute Gasteiger partial charge is 0.496 e. The first-order valence-electron chi connectivity index (χ1n) is 7.85. The van der Waals surface area contributed by atoms with Gasteiger partial charge in [-0.3, -0.25) is 0 Å². The van der Waals surface area contributed by atoms with Gasteiger partial charge in [0.2, 0.25) is 0 Å². The molecule has 3 aromatic rings. The van der Waals surface area contributed by atoms with Crippen LogP contribution in [0.25, 0.3) is 10.1 Å². The van der Waals surface area contributed by atoms with E-state index in [2.05, 4.69) is 22.8 Å². The van der Waals surface area contributed by atoms with Gasteiger partial charge in [0, 0.05) is 35.4 Å². The highest BCUT2D eigenvalue weighted by Gasteiger charge is 2.13. The average Bonchev–Trinajstić information content (AvgIpc) is 3.03. The highest BCUT2D eigenvalue weighted by atomic mass is 35.5. The van der Waals surface area contributed by atoms with Gasteiger partial charge in [-0.25, -0.2) is 4.79 Å². The number of carbonyl (C=O) groups excluding carboxylic acids is 1. The van der Waals surface area contributed by atoms with Crippen LogP contribution in [0.15, 0.2) is 47.8 Å². The van der Waals surface area contributed by atoms with Crippen molar-refractivity contribution in [3.63, 3.8) is 0 Å². The summed E-state index contributed by atoms with van der Waals surface area (Å²) in [6, 6.07) is 13.4. The smallest absolute Gasteiger partial charge is 0.317 e. The summed E-state index contributed by atoms with van der Waals surface area (Å²) in [4.78, 5) is 14.1. The van der Waals surface area contributed by atoms with Crippen LogP contribution in [0.5, 0.6) is 5.75 Å². The van der Waals surface area contributed by atoms with Crippen LogP contribution in [-0.2, 0) is 13.1 Å². The standard InChI is InChI=1S/C19H19ClN2O2S/c1-22(11-14-12-25-18-6-4-3-5-16(14)18)19(23)21-10-13-9-15(20)7-8-17(13)24-2/h3-9,12H,10-11H2,1-2H3,(H,21,23). The number of hydrogen-bond donors (Lipinski definition) is 1. The SMILES string of the molecule is COc1ccc(Cl)cc1CNC(=O)N(C)Cc1csc2ccccc12. The summed E-state index contributed by atoms with van der Waals surface area (Å²) in [5.74, 6) is 0.705. The number of ether oxygens (including phenoxy) is 1. The number of halogens is 1. The molecule has 0 aliphatic rings. The molecule has 130 valence electrons. The van der Waals surface area contributed by atoms with E-state index in [-0.39, 0.29) is 6.03 Å². The summed E-state index contributed by atoms with van der Waals surface area (Å²) >= 11 is 7.72. The normalized spacial score (nSPS) is 10.7. The van der Waals surface area contributed by atoms with Crippen LogP contribution in [0.4, 0.5) is 4.79 Å². The van der Waals surface area contributed by atoms with Crippen LogP contribution in [0.3, 0.4) is 0 Å². The summed E-state index contributed by atoms with van der Waals surface area (Å²) in [5, 5.41) is 6.83. The second-order valence-electron chi connectivity index (χ2n) is 5.73. The Bertz CT molecular complexity index is 894. The third-order valence-electron chi connectivity index (χ3n) is 3.99. The summed E-state index contributed by atoms with van der Waals surface area (Å²) in [7, 11) is 3.39. The Labute approximate surface area is 156 Å². The molecule has 0 fully saturated rings. The van der Waals surface area contributed by atoms with Gasteiger partial charge < -0.3 is 15.0 Å². The van der Waals surface area contributed by atoms with Gasteiger partial charge in [-0.2, -0.15) is 0 Å². The van der Waals surface area contributed by atoms with Crippen LogP contribution in [0.2, 0.25) is 5.02 Å². The molecule has 0 aliphatic heterocycles. The Kier molecular flexibility index (Phi) is 5.46. The molecular weight excluding hydrogens is 356 g/mol. The number of methoxy groups -OCH3 is 1. The van der Waals surface area contributed by atoms with E-state index in [4.69, 9.17) is 16.3 Å². The topological polar surface area (TPSA) is 41.6 Å². The molecule has 0 spiro atoms. The van der Waals surface area contributed by atoms with Gasteiger partial charge in [-0.15, -0.1) is 11.3 Å². The van der Waals surface area contributed by atoms with Crippen LogP contribution in [0.1, 0.15) is 11.1 Å². The lowest BCUT2D eigenvalue weighted by Gasteiger charge is -2.18. The number of thiophene rings is 1. The molecule has 0 bridgehead atoms. The molecule has 25 heavy (non-hydrogen) atoms. The monoisotopic (exact) mass is 374 g/mol. The first-order valence-corrected chi connectivity index (χ1v) is 9.10. The minimum atomic E-state index is -0.141. The predicted molar refractivity (Wildman–Crippen MR) is 104 cm³/mol. The fourth-order valence-corrected chi connectivity index (χ4v) is 3.82. The lowest BCUT2D eigenvalue weighted by atomic mass is 10.2. The molecule has 6 heteroatoms. The van der Waals surface area contributed by atoms with Gasteiger partial charge in [0.25, 0.3) is 0 Å². The van der Waals surface area contributed by atoms with Gasteiger partial charge in [-0.1, -0.05) is 29.8 Å². The molecule has 3 rings (SSSR count). The Hall–Kier alpha value is -2.24. The second-order valence-corrected chi connectivity index (χ2v) is 7.08. The van der Waals surface area contributed by atoms with Crippen molar-refractivity contribution in [2.24, 2.45) is 0 Å². The number of amides is 2. The zero-order valence-corrected chi connectivity index (χ0v) is 15.7. The molecule has 2 amide bonds. The van der Waals surface area contributed by atoms with Crippen LogP contribution in [-0.4, -0.2) is 25.1 Å². The van der Waals surface area contributed by atoms with Gasteiger partial charge in [-0.05, 0) is 40.6 Å². The Morgan fingerprint density at radius 2 is 2.04 bits per heavy atom. The maximum Gasteiger partial charge on any atom is 0.317 e. The number of benzene rings is 2. The molecule has 0 aliphatic carbocycles. The quantitative estimate of drug-likeness (QED) is 0.689. The molecule has 0 saturated heterocycles. The number of carbonyl (C=O) groups is 1. The first-order chi connectivity index (χ1) is 12.1. The van der Waals surface area contributed by atoms with Crippen molar-refractivity contribution in [2.45, 2.75) is 13.1 Å². The van der Waals surface area contributed by atoms with Gasteiger partial charge in [0.05, 0.1) is 7.11 Å². The average molecular weight is 375 g/mol. The van der Waals surface area contributed by atoms with Crippen molar-refractivity contribution < 1.29 is 9.53 Å². The molecule has 0 unspecified atom stereocenters. The van der Waals surface area contributed by atoms with Crippen LogP contribution < -0.4 is 10.1 Å². The number of urea groups is 1. The number of hydrogen-bond acceptors (Lipinski definition) is 3. The minimum absolute atomic E-state index is 0.141. The summed E-state index contributed by atoms with van der Waals surface area (Å²) < 4.78 is 6.54. The molecular formula is C19H19ClN2O2S.